The van der Waals surface area contributed by atoms with Gasteiger partial charge >= 0.3 is 5.97 Å². The van der Waals surface area contributed by atoms with E-state index in [4.69, 9.17) is 18.6 Å². The van der Waals surface area contributed by atoms with E-state index in [2.05, 4.69) is 20.9 Å². The highest BCUT2D eigenvalue weighted by molar-refractivity contribution is 9.10. The third-order valence-corrected chi connectivity index (χ3v) is 8.05. The van der Waals surface area contributed by atoms with E-state index in [9.17, 15) is 19.7 Å². The Morgan fingerprint density at radius 3 is 2.67 bits per heavy atom. The zero-order valence-corrected chi connectivity index (χ0v) is 25.3. The Labute approximate surface area is 251 Å². The fraction of sp³-hybridized carbons (Fsp3) is 0.207. The normalized spacial score (nSPS) is 14.8. The van der Waals surface area contributed by atoms with Crippen molar-refractivity contribution in [3.05, 3.63) is 105 Å². The number of methoxy groups -OCH3 is 2. The van der Waals surface area contributed by atoms with Gasteiger partial charge in [0.15, 0.2) is 4.80 Å². The summed E-state index contributed by atoms with van der Waals surface area (Å²) in [7, 11) is 3.02. The van der Waals surface area contributed by atoms with Crippen molar-refractivity contribution in [2.75, 3.05) is 20.8 Å². The Kier molecular flexibility index (Phi) is 8.14. The molecule has 0 aliphatic carbocycles. The van der Waals surface area contributed by atoms with Gasteiger partial charge in [-0.25, -0.2) is 9.79 Å². The largest absolute Gasteiger partial charge is 0.497 e. The van der Waals surface area contributed by atoms with Crippen LogP contribution in [0, 0.1) is 10.1 Å². The summed E-state index contributed by atoms with van der Waals surface area (Å²) in [5.74, 6) is 0.947. The summed E-state index contributed by atoms with van der Waals surface area (Å²) in [5.41, 5.74) is 0.925. The fourth-order valence-corrected chi connectivity index (χ4v) is 6.07. The van der Waals surface area contributed by atoms with Gasteiger partial charge in [-0.1, -0.05) is 27.3 Å². The lowest BCUT2D eigenvalue weighted by molar-refractivity contribution is -0.384. The Morgan fingerprint density at radius 1 is 1.19 bits per heavy atom. The molecular formula is C29H24BrN3O8S. The summed E-state index contributed by atoms with van der Waals surface area (Å²) < 4.78 is 24.5. The van der Waals surface area contributed by atoms with Crippen molar-refractivity contribution < 1.29 is 28.3 Å². The lowest BCUT2D eigenvalue weighted by Crippen LogP contribution is -2.40. The van der Waals surface area contributed by atoms with Crippen molar-refractivity contribution in [2.24, 2.45) is 4.99 Å². The van der Waals surface area contributed by atoms with E-state index in [-0.39, 0.29) is 28.2 Å². The molecule has 0 bridgehead atoms. The number of carbonyl (C=O) groups is 1. The molecule has 0 saturated carbocycles. The van der Waals surface area contributed by atoms with Crippen LogP contribution in [0.5, 0.6) is 11.5 Å². The molecule has 0 N–H and O–H groups in total. The van der Waals surface area contributed by atoms with Crippen LogP contribution in [0.4, 0.5) is 5.69 Å². The summed E-state index contributed by atoms with van der Waals surface area (Å²) in [5, 5.41) is 11.6. The highest BCUT2D eigenvalue weighted by atomic mass is 79.9. The number of esters is 1. The van der Waals surface area contributed by atoms with Crippen molar-refractivity contribution in [1.29, 1.82) is 0 Å². The molecule has 5 rings (SSSR count). The minimum absolute atomic E-state index is 0.125. The number of nitro groups is 1. The van der Waals surface area contributed by atoms with Crippen LogP contribution in [0.1, 0.15) is 31.2 Å². The minimum Gasteiger partial charge on any atom is -0.497 e. The fourth-order valence-electron chi connectivity index (χ4n) is 4.70. The number of carbonyl (C=O) groups excluding carboxylic acids is 1. The van der Waals surface area contributed by atoms with Crippen molar-refractivity contribution in [3.63, 3.8) is 0 Å². The van der Waals surface area contributed by atoms with Gasteiger partial charge in [-0.05, 0) is 50.2 Å². The number of hydrogen-bond acceptors (Lipinski definition) is 10. The molecular weight excluding hydrogens is 630 g/mol. The van der Waals surface area contributed by atoms with Gasteiger partial charge in [-0.3, -0.25) is 19.5 Å². The first-order chi connectivity index (χ1) is 20.2. The maximum atomic E-state index is 13.9. The lowest BCUT2D eigenvalue weighted by atomic mass is 9.95. The van der Waals surface area contributed by atoms with Crippen LogP contribution in [0.2, 0.25) is 0 Å². The zero-order chi connectivity index (χ0) is 30.1. The number of hydrogen-bond donors (Lipinski definition) is 0. The molecule has 1 atom stereocenters. The van der Waals surface area contributed by atoms with E-state index in [1.54, 1.807) is 62.4 Å². The summed E-state index contributed by atoms with van der Waals surface area (Å²) in [6.45, 7) is 3.53. The molecule has 0 fully saturated rings. The molecule has 0 saturated heterocycles. The minimum atomic E-state index is -0.888. The number of benzene rings is 2. The molecule has 0 unspecified atom stereocenters. The number of nitrogens with zero attached hydrogens (tertiary/aromatic N) is 3. The molecule has 0 spiro atoms. The maximum Gasteiger partial charge on any atom is 0.338 e. The predicted molar refractivity (Wildman–Crippen MR) is 158 cm³/mol. The molecule has 13 heteroatoms. The van der Waals surface area contributed by atoms with Crippen LogP contribution in [-0.4, -0.2) is 36.3 Å². The maximum absolute atomic E-state index is 13.9. The molecule has 11 nitrogen and oxygen atoms in total. The highest BCUT2D eigenvalue weighted by Gasteiger charge is 2.35. The van der Waals surface area contributed by atoms with Crippen LogP contribution in [-0.2, 0) is 9.53 Å². The molecule has 0 amide bonds. The highest BCUT2D eigenvalue weighted by Crippen LogP contribution is 2.38. The standard InChI is InChI=1S/C29H24BrN3O8S/c1-5-40-28(35)25-15(2)31-29-32(26(25)20-10-7-17(38-3)13-23(20)39-4)27(34)24(42-29)14-18-8-11-22(41-18)19-9-6-16(30)12-21(19)33(36)37/h6-14,26H,5H2,1-4H3/b24-14-/t26-/m1/s1. The van der Waals surface area contributed by atoms with Crippen LogP contribution in [0.3, 0.4) is 0 Å². The number of allylic oxidation sites excluding steroid dienone is 1. The second-order valence-electron chi connectivity index (χ2n) is 9.03. The number of nitro benzene ring substituents is 1. The van der Waals surface area contributed by atoms with Gasteiger partial charge in [0.2, 0.25) is 0 Å². The van der Waals surface area contributed by atoms with Gasteiger partial charge in [-0.2, -0.15) is 0 Å². The summed E-state index contributed by atoms with van der Waals surface area (Å²) in [4.78, 5) is 43.2. The van der Waals surface area contributed by atoms with Crippen LogP contribution in [0.15, 0.2) is 78.5 Å². The smallest absolute Gasteiger partial charge is 0.338 e. The number of halogens is 1. The van der Waals surface area contributed by atoms with Crippen LogP contribution >= 0.6 is 27.3 Å². The Bertz CT molecular complexity index is 1940. The monoisotopic (exact) mass is 653 g/mol. The van der Waals surface area contributed by atoms with Gasteiger partial charge in [0.25, 0.3) is 11.2 Å². The molecule has 3 heterocycles. The second-order valence-corrected chi connectivity index (χ2v) is 11.0. The summed E-state index contributed by atoms with van der Waals surface area (Å²) in [6, 6.07) is 12.1. The molecule has 216 valence electrons. The first-order valence-electron chi connectivity index (χ1n) is 12.6. The van der Waals surface area contributed by atoms with Crippen LogP contribution < -0.4 is 24.4 Å². The quantitative estimate of drug-likeness (QED) is 0.151. The number of fused-ring (bicyclic) bond motifs is 1. The van der Waals surface area contributed by atoms with E-state index in [1.807, 2.05) is 0 Å². The number of ether oxygens (including phenoxy) is 3. The van der Waals surface area contributed by atoms with Gasteiger partial charge in [0.05, 0.1) is 47.1 Å². The summed E-state index contributed by atoms with van der Waals surface area (Å²) >= 11 is 4.38. The number of aromatic nitrogens is 1. The van der Waals surface area contributed by atoms with E-state index in [1.165, 1.54) is 24.9 Å². The average Bonchev–Trinajstić information content (AvgIpc) is 3.55. The second kappa shape index (κ2) is 11.8. The predicted octanol–water partition coefficient (Wildman–Crippen LogP) is 4.75. The third kappa shape index (κ3) is 5.28. The molecule has 2 aromatic carbocycles. The molecule has 1 aliphatic heterocycles. The first kappa shape index (κ1) is 29.0. The van der Waals surface area contributed by atoms with E-state index >= 15 is 0 Å². The van der Waals surface area contributed by atoms with Gasteiger partial charge in [-0.15, -0.1) is 0 Å². The SMILES string of the molecule is CCOC(=O)C1=C(C)N=c2s/c(=C\c3ccc(-c4ccc(Br)cc4[N+](=O)[O-])o3)c(=O)n2[C@@H]1c1ccc(OC)cc1OC. The summed E-state index contributed by atoms with van der Waals surface area (Å²) in [6.07, 6.45) is 1.55. The van der Waals surface area contributed by atoms with Gasteiger partial charge in [0, 0.05) is 28.2 Å². The molecule has 2 aromatic heterocycles. The molecule has 1 aliphatic rings. The van der Waals surface area contributed by atoms with E-state index < -0.39 is 22.5 Å². The van der Waals surface area contributed by atoms with Crippen molar-refractivity contribution >= 4 is 45.0 Å². The zero-order valence-electron chi connectivity index (χ0n) is 22.9. The van der Waals surface area contributed by atoms with Crippen molar-refractivity contribution in [2.45, 2.75) is 19.9 Å². The third-order valence-electron chi connectivity index (χ3n) is 6.57. The Hall–Kier alpha value is -4.49. The van der Waals surface area contributed by atoms with Crippen LogP contribution in [0.25, 0.3) is 17.4 Å². The van der Waals surface area contributed by atoms with Crippen molar-refractivity contribution in [1.82, 2.24) is 4.57 Å². The van der Waals surface area contributed by atoms with Crippen molar-refractivity contribution in [3.8, 4) is 22.8 Å². The molecule has 42 heavy (non-hydrogen) atoms. The average molecular weight is 654 g/mol. The molecule has 0 radical (unpaired) electrons. The first-order valence-corrected chi connectivity index (χ1v) is 14.2. The Morgan fingerprint density at radius 2 is 1.98 bits per heavy atom. The van der Waals surface area contributed by atoms with E-state index in [0.717, 1.165) is 11.3 Å². The van der Waals surface area contributed by atoms with Gasteiger partial charge in [0.1, 0.15) is 29.1 Å². The lowest BCUT2D eigenvalue weighted by Gasteiger charge is -2.26. The van der Waals surface area contributed by atoms with Gasteiger partial charge < -0.3 is 18.6 Å². The Balaban J connectivity index is 1.67. The molecule has 4 aromatic rings. The van der Waals surface area contributed by atoms with E-state index in [0.29, 0.717) is 43.4 Å². The topological polar surface area (TPSA) is 135 Å². The number of furan rings is 1. The number of rotatable bonds is 8. The number of thiazole rings is 1.